The van der Waals surface area contributed by atoms with Crippen LogP contribution >= 0.6 is 0 Å². The number of hydrogen-bond acceptors (Lipinski definition) is 5. The predicted molar refractivity (Wildman–Crippen MR) is 99.2 cm³/mol. The van der Waals surface area contributed by atoms with Crippen molar-refractivity contribution < 1.29 is 23.9 Å². The Morgan fingerprint density at radius 2 is 1.74 bits per heavy atom. The zero-order valence-electron chi connectivity index (χ0n) is 15.1. The summed E-state index contributed by atoms with van der Waals surface area (Å²) in [4.78, 5) is 52.5. The Balaban J connectivity index is 2.27. The Hall–Kier alpha value is -3.42. The minimum Gasteiger partial charge on any atom is -0.492 e. The van der Waals surface area contributed by atoms with E-state index < -0.39 is 30.3 Å². The number of ether oxygens (including phenoxy) is 1. The van der Waals surface area contributed by atoms with E-state index in [1.54, 1.807) is 25.1 Å². The molecule has 1 aromatic carbocycles. The number of carbonyl (C=O) groups is 4. The maximum absolute atomic E-state index is 12.7. The molecule has 0 radical (unpaired) electrons. The first kappa shape index (κ1) is 19.9. The number of hydrogen-bond donors (Lipinski definition) is 0. The molecule has 0 spiro atoms. The van der Waals surface area contributed by atoms with E-state index in [1.807, 2.05) is 0 Å². The quantitative estimate of drug-likeness (QED) is 0.374. The van der Waals surface area contributed by atoms with Gasteiger partial charge in [0.1, 0.15) is 12.3 Å². The van der Waals surface area contributed by atoms with Crippen LogP contribution in [0.5, 0.6) is 5.75 Å². The van der Waals surface area contributed by atoms with Crippen molar-refractivity contribution in [1.29, 1.82) is 0 Å². The first-order chi connectivity index (χ1) is 13.0. The van der Waals surface area contributed by atoms with Crippen LogP contribution in [0, 0.1) is 0 Å². The monoisotopic (exact) mass is 371 g/mol. The van der Waals surface area contributed by atoms with Gasteiger partial charge in [0.2, 0.25) is 5.91 Å². The lowest BCUT2D eigenvalue weighted by atomic mass is 10.2. The third-order valence-electron chi connectivity index (χ3n) is 3.80. The van der Waals surface area contributed by atoms with E-state index in [0.29, 0.717) is 17.3 Å². The van der Waals surface area contributed by atoms with Crippen molar-refractivity contribution in [3.63, 3.8) is 0 Å². The highest BCUT2D eigenvalue weighted by Crippen LogP contribution is 2.31. The third kappa shape index (κ3) is 4.05. The maximum Gasteiger partial charge on any atom is 0.339 e. The number of nitrogens with zero attached hydrogens (tertiary/aromatic N) is 3. The van der Waals surface area contributed by atoms with Gasteiger partial charge in [0, 0.05) is 13.1 Å². The van der Waals surface area contributed by atoms with E-state index in [-0.39, 0.29) is 18.8 Å². The summed E-state index contributed by atoms with van der Waals surface area (Å²) in [6.45, 7) is 9.12. The molecule has 0 aliphatic carbocycles. The SMILES string of the molecule is C=CCN(CC=C)C(=O)CN1C(=O)C(=O)N(c2ccccc2OCC)C1=O. The highest BCUT2D eigenvalue weighted by Gasteiger charge is 2.47. The summed E-state index contributed by atoms with van der Waals surface area (Å²) >= 11 is 0. The van der Waals surface area contributed by atoms with Crippen molar-refractivity contribution >= 4 is 29.4 Å². The molecule has 1 fully saturated rings. The van der Waals surface area contributed by atoms with Crippen molar-refractivity contribution in [1.82, 2.24) is 9.80 Å². The van der Waals surface area contributed by atoms with Gasteiger partial charge in [0.25, 0.3) is 0 Å². The smallest absolute Gasteiger partial charge is 0.339 e. The third-order valence-corrected chi connectivity index (χ3v) is 3.80. The molecular weight excluding hydrogens is 350 g/mol. The van der Waals surface area contributed by atoms with E-state index in [0.717, 1.165) is 4.90 Å². The highest BCUT2D eigenvalue weighted by atomic mass is 16.5. The van der Waals surface area contributed by atoms with Gasteiger partial charge in [-0.2, -0.15) is 0 Å². The lowest BCUT2D eigenvalue weighted by molar-refractivity contribution is -0.142. The van der Waals surface area contributed by atoms with Crippen LogP contribution in [0.1, 0.15) is 6.92 Å². The lowest BCUT2D eigenvalue weighted by Crippen LogP contribution is -2.43. The van der Waals surface area contributed by atoms with Gasteiger partial charge in [-0.15, -0.1) is 13.2 Å². The molecule has 1 aliphatic heterocycles. The molecule has 142 valence electrons. The number of imide groups is 2. The molecule has 0 bridgehead atoms. The van der Waals surface area contributed by atoms with Gasteiger partial charge in [0.05, 0.1) is 12.3 Å². The number of rotatable bonds is 9. The Morgan fingerprint density at radius 3 is 2.33 bits per heavy atom. The molecule has 1 aromatic rings. The number of amides is 5. The van der Waals surface area contributed by atoms with Gasteiger partial charge >= 0.3 is 17.8 Å². The second-order valence-electron chi connectivity index (χ2n) is 5.59. The average molecular weight is 371 g/mol. The van der Waals surface area contributed by atoms with Gasteiger partial charge in [-0.25, -0.2) is 14.6 Å². The predicted octanol–water partition coefficient (Wildman–Crippen LogP) is 1.58. The first-order valence-corrected chi connectivity index (χ1v) is 8.37. The van der Waals surface area contributed by atoms with Crippen molar-refractivity contribution in [2.75, 3.05) is 31.1 Å². The van der Waals surface area contributed by atoms with Gasteiger partial charge in [-0.3, -0.25) is 14.4 Å². The molecule has 1 heterocycles. The summed E-state index contributed by atoms with van der Waals surface area (Å²) in [7, 11) is 0. The van der Waals surface area contributed by atoms with Gasteiger partial charge in [-0.05, 0) is 19.1 Å². The Bertz CT molecular complexity index is 779. The molecule has 1 aliphatic rings. The second-order valence-corrected chi connectivity index (χ2v) is 5.59. The van der Waals surface area contributed by atoms with E-state index in [9.17, 15) is 19.2 Å². The zero-order chi connectivity index (χ0) is 20.0. The average Bonchev–Trinajstić information content (AvgIpc) is 2.86. The maximum atomic E-state index is 12.7. The van der Waals surface area contributed by atoms with Gasteiger partial charge in [0.15, 0.2) is 0 Å². The van der Waals surface area contributed by atoms with Crippen LogP contribution in [0.15, 0.2) is 49.6 Å². The summed E-state index contributed by atoms with van der Waals surface area (Å²) in [6, 6.07) is 5.51. The molecule has 27 heavy (non-hydrogen) atoms. The first-order valence-electron chi connectivity index (χ1n) is 8.37. The summed E-state index contributed by atoms with van der Waals surface area (Å²) in [5.41, 5.74) is 0.159. The zero-order valence-corrected chi connectivity index (χ0v) is 15.1. The van der Waals surface area contributed by atoms with Crippen LogP contribution in [0.25, 0.3) is 0 Å². The number of para-hydroxylation sites is 2. The lowest BCUT2D eigenvalue weighted by Gasteiger charge is -2.22. The molecule has 0 N–H and O–H groups in total. The molecule has 0 unspecified atom stereocenters. The van der Waals surface area contributed by atoms with Crippen molar-refractivity contribution in [3.8, 4) is 5.75 Å². The fourth-order valence-electron chi connectivity index (χ4n) is 2.60. The fourth-order valence-corrected chi connectivity index (χ4v) is 2.60. The van der Waals surface area contributed by atoms with Crippen molar-refractivity contribution in [2.24, 2.45) is 0 Å². The van der Waals surface area contributed by atoms with Crippen LogP contribution in [0.2, 0.25) is 0 Å². The van der Waals surface area contributed by atoms with Crippen LogP contribution in [-0.2, 0) is 14.4 Å². The van der Waals surface area contributed by atoms with Gasteiger partial charge in [-0.1, -0.05) is 24.3 Å². The van der Waals surface area contributed by atoms with E-state index in [2.05, 4.69) is 13.2 Å². The number of anilines is 1. The topological polar surface area (TPSA) is 87.2 Å². The normalized spacial score (nSPS) is 13.7. The van der Waals surface area contributed by atoms with Crippen LogP contribution in [0.3, 0.4) is 0 Å². The number of urea groups is 1. The molecule has 0 aromatic heterocycles. The van der Waals surface area contributed by atoms with Crippen molar-refractivity contribution in [3.05, 3.63) is 49.6 Å². The Labute approximate surface area is 157 Å². The minimum atomic E-state index is -1.06. The molecule has 8 heteroatoms. The van der Waals surface area contributed by atoms with Crippen LogP contribution < -0.4 is 9.64 Å². The summed E-state index contributed by atoms with van der Waals surface area (Å²) < 4.78 is 5.43. The fraction of sp³-hybridized carbons (Fsp3) is 0.263. The standard InChI is InChI=1S/C19H21N3O5/c1-4-11-20(12-5-2)16(23)13-21-17(24)18(25)22(19(21)26)14-9-7-8-10-15(14)27-6-3/h4-5,7-10H,1-2,6,11-13H2,3H3. The molecular formula is C19H21N3O5. The summed E-state index contributed by atoms with van der Waals surface area (Å²) in [6.07, 6.45) is 3.04. The van der Waals surface area contributed by atoms with Crippen molar-refractivity contribution in [2.45, 2.75) is 6.92 Å². The minimum absolute atomic E-state index is 0.159. The van der Waals surface area contributed by atoms with E-state index in [4.69, 9.17) is 4.74 Å². The van der Waals surface area contributed by atoms with Crippen LogP contribution in [0.4, 0.5) is 10.5 Å². The van der Waals surface area contributed by atoms with Crippen LogP contribution in [-0.4, -0.2) is 59.8 Å². The van der Waals surface area contributed by atoms with Gasteiger partial charge < -0.3 is 9.64 Å². The molecule has 5 amide bonds. The molecule has 0 atom stereocenters. The largest absolute Gasteiger partial charge is 0.492 e. The molecule has 1 saturated heterocycles. The second kappa shape index (κ2) is 8.79. The van der Waals surface area contributed by atoms with E-state index >= 15 is 0 Å². The number of carbonyl (C=O) groups excluding carboxylic acids is 4. The Morgan fingerprint density at radius 1 is 1.11 bits per heavy atom. The molecule has 0 saturated carbocycles. The molecule has 8 nitrogen and oxygen atoms in total. The summed E-state index contributed by atoms with van der Waals surface area (Å²) in [5.74, 6) is -2.29. The highest BCUT2D eigenvalue weighted by molar-refractivity contribution is 6.53. The summed E-state index contributed by atoms with van der Waals surface area (Å²) in [5, 5.41) is 0. The number of benzene rings is 1. The molecule has 2 rings (SSSR count). The Kier molecular flexibility index (Phi) is 6.48. The van der Waals surface area contributed by atoms with E-state index in [1.165, 1.54) is 23.1 Å².